The van der Waals surface area contributed by atoms with Crippen LogP contribution in [0, 0.1) is 5.92 Å². The van der Waals surface area contributed by atoms with Crippen molar-refractivity contribution in [3.8, 4) is 0 Å². The third-order valence-corrected chi connectivity index (χ3v) is 5.57. The molecule has 0 unspecified atom stereocenters. The van der Waals surface area contributed by atoms with Gasteiger partial charge in [0.1, 0.15) is 17.7 Å². The van der Waals surface area contributed by atoms with Crippen LogP contribution in [0.5, 0.6) is 0 Å². The molecule has 140 valence electrons. The average molecular weight is 439 g/mol. The second kappa shape index (κ2) is 6.61. The number of para-hydroxylation sites is 1. The van der Waals surface area contributed by atoms with E-state index in [1.165, 1.54) is 4.90 Å². The Morgan fingerprint density at radius 1 is 0.821 bits per heavy atom. The van der Waals surface area contributed by atoms with E-state index in [1.54, 1.807) is 47.7 Å². The molecule has 28 heavy (non-hydrogen) atoms. The normalized spacial score (nSPS) is 24.1. The van der Waals surface area contributed by atoms with Crippen molar-refractivity contribution >= 4 is 39.1 Å². The first-order chi connectivity index (χ1) is 13.6. The highest BCUT2D eigenvalue weighted by atomic mass is 79.9. The standard InChI is InChI=1S/C21H15BrN2O4/c22-13-8-10-14(11-9-13)23-20(25)17-18(16-7-4-12-27-16)24(28-19(17)21(23)26)15-5-2-1-3-6-15/h1-12,17-19H/t17-,18-,19+/m0/s1. The van der Waals surface area contributed by atoms with Gasteiger partial charge in [0.2, 0.25) is 5.91 Å². The number of halogens is 1. The molecule has 3 atom stereocenters. The van der Waals surface area contributed by atoms with Gasteiger partial charge in [-0.15, -0.1) is 0 Å². The van der Waals surface area contributed by atoms with E-state index >= 15 is 0 Å². The monoisotopic (exact) mass is 438 g/mol. The highest BCUT2D eigenvalue weighted by Gasteiger charge is 2.61. The molecular formula is C21H15BrN2O4. The molecule has 1 aromatic heterocycles. The molecule has 2 fully saturated rings. The van der Waals surface area contributed by atoms with Crippen molar-refractivity contribution in [3.05, 3.63) is 83.2 Å². The van der Waals surface area contributed by atoms with Crippen LogP contribution in [0.3, 0.4) is 0 Å². The molecule has 0 spiro atoms. The van der Waals surface area contributed by atoms with Crippen molar-refractivity contribution in [2.45, 2.75) is 12.1 Å². The van der Waals surface area contributed by atoms with Crippen LogP contribution in [0.1, 0.15) is 11.8 Å². The molecule has 0 bridgehead atoms. The minimum Gasteiger partial charge on any atom is -0.467 e. The van der Waals surface area contributed by atoms with E-state index < -0.39 is 18.1 Å². The molecule has 0 radical (unpaired) electrons. The predicted octanol–water partition coefficient (Wildman–Crippen LogP) is 4.09. The summed E-state index contributed by atoms with van der Waals surface area (Å²) in [7, 11) is 0. The second-order valence-electron chi connectivity index (χ2n) is 6.66. The fourth-order valence-electron chi connectivity index (χ4n) is 3.81. The number of fused-ring (bicyclic) bond motifs is 1. The van der Waals surface area contributed by atoms with Crippen molar-refractivity contribution in [1.82, 2.24) is 0 Å². The van der Waals surface area contributed by atoms with Crippen LogP contribution >= 0.6 is 15.9 Å². The zero-order valence-electron chi connectivity index (χ0n) is 14.6. The van der Waals surface area contributed by atoms with Gasteiger partial charge in [-0.3, -0.25) is 14.4 Å². The van der Waals surface area contributed by atoms with Gasteiger partial charge in [-0.25, -0.2) is 9.96 Å². The first-order valence-corrected chi connectivity index (χ1v) is 9.62. The van der Waals surface area contributed by atoms with Crippen LogP contribution in [-0.2, 0) is 14.4 Å². The Balaban J connectivity index is 1.56. The van der Waals surface area contributed by atoms with Crippen LogP contribution < -0.4 is 9.96 Å². The predicted molar refractivity (Wildman–Crippen MR) is 105 cm³/mol. The molecule has 2 saturated heterocycles. The Morgan fingerprint density at radius 2 is 1.57 bits per heavy atom. The van der Waals surface area contributed by atoms with Crippen LogP contribution in [0.2, 0.25) is 0 Å². The van der Waals surface area contributed by atoms with Crippen molar-refractivity contribution in [1.29, 1.82) is 0 Å². The van der Waals surface area contributed by atoms with E-state index in [2.05, 4.69) is 15.9 Å². The summed E-state index contributed by atoms with van der Waals surface area (Å²) in [6, 6.07) is 19.5. The molecule has 0 N–H and O–H groups in total. The van der Waals surface area contributed by atoms with Crippen molar-refractivity contribution < 1.29 is 18.8 Å². The zero-order chi connectivity index (χ0) is 19.3. The third-order valence-electron chi connectivity index (χ3n) is 5.05. The van der Waals surface area contributed by atoms with Gasteiger partial charge in [-0.2, -0.15) is 0 Å². The molecule has 3 heterocycles. The molecule has 6 nitrogen and oxygen atoms in total. The Morgan fingerprint density at radius 3 is 2.25 bits per heavy atom. The van der Waals surface area contributed by atoms with E-state index in [9.17, 15) is 9.59 Å². The maximum Gasteiger partial charge on any atom is 0.266 e. The molecule has 5 rings (SSSR count). The van der Waals surface area contributed by atoms with E-state index in [-0.39, 0.29) is 11.8 Å². The minimum atomic E-state index is -0.897. The number of hydroxylamine groups is 1. The summed E-state index contributed by atoms with van der Waals surface area (Å²) >= 11 is 3.37. The third kappa shape index (κ3) is 2.58. The lowest BCUT2D eigenvalue weighted by molar-refractivity contribution is -0.126. The summed E-state index contributed by atoms with van der Waals surface area (Å²) in [6.45, 7) is 0. The van der Waals surface area contributed by atoms with Gasteiger partial charge >= 0.3 is 0 Å². The average Bonchev–Trinajstić information content (AvgIpc) is 3.42. The van der Waals surface area contributed by atoms with Crippen LogP contribution in [-0.4, -0.2) is 17.9 Å². The maximum absolute atomic E-state index is 13.3. The van der Waals surface area contributed by atoms with Crippen molar-refractivity contribution in [2.75, 3.05) is 9.96 Å². The number of carbonyl (C=O) groups is 2. The Labute approximate surface area is 169 Å². The summed E-state index contributed by atoms with van der Waals surface area (Å²) in [5, 5.41) is 1.61. The van der Waals surface area contributed by atoms with Crippen LogP contribution in [0.4, 0.5) is 11.4 Å². The number of rotatable bonds is 3. The fraction of sp³-hybridized carbons (Fsp3) is 0.143. The number of imide groups is 1. The molecule has 2 amide bonds. The number of nitrogens with zero attached hydrogens (tertiary/aromatic N) is 2. The molecule has 3 aromatic rings. The van der Waals surface area contributed by atoms with Crippen molar-refractivity contribution in [2.24, 2.45) is 5.92 Å². The largest absolute Gasteiger partial charge is 0.467 e. The summed E-state index contributed by atoms with van der Waals surface area (Å²) in [6.07, 6.45) is 0.658. The van der Waals surface area contributed by atoms with Gasteiger partial charge < -0.3 is 4.42 Å². The molecular weight excluding hydrogens is 424 g/mol. The number of anilines is 2. The van der Waals surface area contributed by atoms with Gasteiger partial charge in [-0.05, 0) is 48.5 Å². The summed E-state index contributed by atoms with van der Waals surface area (Å²) in [5.74, 6) is -0.776. The van der Waals surface area contributed by atoms with E-state index in [0.29, 0.717) is 11.4 Å². The SMILES string of the molecule is O=C1[C@@H]2[C@@H](ON(c3ccccc3)[C@H]2c2ccco2)C(=O)N1c1ccc(Br)cc1. The van der Waals surface area contributed by atoms with Gasteiger partial charge in [-0.1, -0.05) is 34.1 Å². The van der Waals surface area contributed by atoms with E-state index in [0.717, 1.165) is 10.2 Å². The summed E-state index contributed by atoms with van der Waals surface area (Å²) in [4.78, 5) is 33.6. The van der Waals surface area contributed by atoms with Gasteiger partial charge in [0.25, 0.3) is 5.91 Å². The number of hydrogen-bond donors (Lipinski definition) is 0. The Hall–Kier alpha value is -2.90. The highest BCUT2D eigenvalue weighted by molar-refractivity contribution is 9.10. The number of carbonyl (C=O) groups excluding carboxylic acids is 2. The van der Waals surface area contributed by atoms with Gasteiger partial charge in [0.15, 0.2) is 6.10 Å². The summed E-state index contributed by atoms with van der Waals surface area (Å²) < 4.78 is 6.48. The molecule has 2 aliphatic heterocycles. The van der Waals surface area contributed by atoms with Crippen molar-refractivity contribution in [3.63, 3.8) is 0 Å². The first kappa shape index (κ1) is 17.2. The second-order valence-corrected chi connectivity index (χ2v) is 7.58. The highest BCUT2D eigenvalue weighted by Crippen LogP contribution is 2.47. The number of furan rings is 1. The Kier molecular flexibility index (Phi) is 4.07. The Bertz CT molecular complexity index is 1020. The van der Waals surface area contributed by atoms with Gasteiger partial charge in [0, 0.05) is 4.47 Å². The maximum atomic E-state index is 13.3. The fourth-order valence-corrected chi connectivity index (χ4v) is 4.07. The topological polar surface area (TPSA) is 63.0 Å². The van der Waals surface area contributed by atoms with Gasteiger partial charge in [0.05, 0.1) is 17.6 Å². The molecule has 0 saturated carbocycles. The number of amides is 2. The van der Waals surface area contributed by atoms with E-state index in [1.807, 2.05) is 30.3 Å². The molecule has 2 aromatic carbocycles. The lowest BCUT2D eigenvalue weighted by Gasteiger charge is -2.27. The van der Waals surface area contributed by atoms with E-state index in [4.69, 9.17) is 9.25 Å². The molecule has 2 aliphatic rings. The first-order valence-electron chi connectivity index (χ1n) is 8.83. The molecule has 0 aliphatic carbocycles. The minimum absolute atomic E-state index is 0.294. The van der Waals surface area contributed by atoms with Crippen LogP contribution in [0.15, 0.2) is 81.9 Å². The lowest BCUT2D eigenvalue weighted by atomic mass is 9.94. The number of benzene rings is 2. The van der Waals surface area contributed by atoms with Crippen LogP contribution in [0.25, 0.3) is 0 Å². The quantitative estimate of drug-likeness (QED) is 0.576. The number of hydrogen-bond acceptors (Lipinski definition) is 5. The lowest BCUT2D eigenvalue weighted by Crippen LogP contribution is -2.37. The zero-order valence-corrected chi connectivity index (χ0v) is 16.2. The molecule has 7 heteroatoms. The smallest absolute Gasteiger partial charge is 0.266 e. The summed E-state index contributed by atoms with van der Waals surface area (Å²) in [5.41, 5.74) is 1.29.